The molecule has 3 aromatic rings. The molecule has 0 radical (unpaired) electrons. The van der Waals surface area contributed by atoms with Crippen molar-refractivity contribution in [2.75, 3.05) is 13.1 Å². The van der Waals surface area contributed by atoms with Gasteiger partial charge in [0, 0.05) is 43.8 Å². The molecule has 1 saturated heterocycles. The summed E-state index contributed by atoms with van der Waals surface area (Å²) in [6.45, 7) is 4.37. The number of imidazole rings is 1. The zero-order valence-corrected chi connectivity index (χ0v) is 16.2. The van der Waals surface area contributed by atoms with Crippen molar-refractivity contribution in [3.8, 4) is 0 Å². The lowest BCUT2D eigenvalue weighted by atomic mass is 9.93. The Morgan fingerprint density at radius 3 is 2.61 bits per heavy atom. The van der Waals surface area contributed by atoms with Gasteiger partial charge in [0.15, 0.2) is 0 Å². The van der Waals surface area contributed by atoms with Crippen LogP contribution in [0.1, 0.15) is 48.6 Å². The van der Waals surface area contributed by atoms with Crippen LogP contribution in [0.15, 0.2) is 67.3 Å². The molecule has 0 saturated carbocycles. The summed E-state index contributed by atoms with van der Waals surface area (Å²) in [4.78, 5) is 23.7. The maximum absolute atomic E-state index is 12.9. The molecule has 0 unspecified atom stereocenters. The molecule has 2 aromatic heterocycles. The summed E-state index contributed by atoms with van der Waals surface area (Å²) in [7, 11) is 0. The third-order valence-corrected chi connectivity index (χ3v) is 5.67. The Kier molecular flexibility index (Phi) is 5.51. The standard InChI is InChI=1S/C23H26N4O/c1-18(20-7-3-2-4-8-20)23(28)26-13-9-21(10-14-26)22-25-12-15-27(22)17-19-6-5-11-24-16-19/h2-8,11-12,15-16,18,21H,9-10,13-14,17H2,1H3/t18-/m1/s1. The number of hydrogen-bond donors (Lipinski definition) is 0. The molecule has 1 aliphatic heterocycles. The van der Waals surface area contributed by atoms with Gasteiger partial charge < -0.3 is 9.47 Å². The van der Waals surface area contributed by atoms with E-state index in [-0.39, 0.29) is 11.8 Å². The summed E-state index contributed by atoms with van der Waals surface area (Å²) >= 11 is 0. The molecule has 1 aromatic carbocycles. The van der Waals surface area contributed by atoms with Crippen LogP contribution in [0.25, 0.3) is 0 Å². The molecule has 0 N–H and O–H groups in total. The predicted molar refractivity (Wildman–Crippen MR) is 109 cm³/mol. The van der Waals surface area contributed by atoms with Gasteiger partial charge in [0.1, 0.15) is 5.82 Å². The third kappa shape index (κ3) is 3.98. The minimum absolute atomic E-state index is 0.0923. The third-order valence-electron chi connectivity index (χ3n) is 5.67. The Labute approximate surface area is 166 Å². The van der Waals surface area contributed by atoms with Crippen LogP contribution in [-0.4, -0.2) is 38.4 Å². The van der Waals surface area contributed by atoms with Crippen molar-refractivity contribution in [2.45, 2.75) is 38.1 Å². The smallest absolute Gasteiger partial charge is 0.229 e. The molecule has 1 fully saturated rings. The van der Waals surface area contributed by atoms with Gasteiger partial charge in [0.25, 0.3) is 0 Å². The Bertz CT molecular complexity index is 899. The van der Waals surface area contributed by atoms with Crippen molar-refractivity contribution in [3.05, 3.63) is 84.2 Å². The molecule has 0 bridgehead atoms. The number of piperidine rings is 1. The van der Waals surface area contributed by atoms with E-state index >= 15 is 0 Å². The maximum Gasteiger partial charge on any atom is 0.229 e. The Morgan fingerprint density at radius 2 is 1.89 bits per heavy atom. The summed E-state index contributed by atoms with van der Waals surface area (Å²) in [5.41, 5.74) is 2.26. The van der Waals surface area contributed by atoms with Crippen molar-refractivity contribution < 1.29 is 4.79 Å². The molecule has 0 aliphatic carbocycles. The highest BCUT2D eigenvalue weighted by Gasteiger charge is 2.29. The van der Waals surface area contributed by atoms with Crippen LogP contribution >= 0.6 is 0 Å². The van der Waals surface area contributed by atoms with Crippen molar-refractivity contribution in [2.24, 2.45) is 0 Å². The van der Waals surface area contributed by atoms with Gasteiger partial charge in [-0.05, 0) is 37.0 Å². The van der Waals surface area contributed by atoms with E-state index in [1.165, 1.54) is 5.56 Å². The normalized spacial score (nSPS) is 16.1. The van der Waals surface area contributed by atoms with Gasteiger partial charge >= 0.3 is 0 Å². The van der Waals surface area contributed by atoms with Crippen molar-refractivity contribution >= 4 is 5.91 Å². The fourth-order valence-electron chi connectivity index (χ4n) is 4.02. The number of carbonyl (C=O) groups excluding carboxylic acids is 1. The van der Waals surface area contributed by atoms with E-state index in [1.807, 2.05) is 66.8 Å². The summed E-state index contributed by atoms with van der Waals surface area (Å²) in [5.74, 6) is 1.64. The average Bonchev–Trinajstić information content (AvgIpc) is 3.22. The van der Waals surface area contributed by atoms with Crippen LogP contribution in [0, 0.1) is 0 Å². The number of hydrogen-bond acceptors (Lipinski definition) is 3. The van der Waals surface area contributed by atoms with E-state index in [9.17, 15) is 4.79 Å². The van der Waals surface area contributed by atoms with Crippen molar-refractivity contribution in [1.29, 1.82) is 0 Å². The van der Waals surface area contributed by atoms with E-state index in [2.05, 4.69) is 20.6 Å². The lowest BCUT2D eigenvalue weighted by Crippen LogP contribution is -2.40. The number of pyridine rings is 1. The van der Waals surface area contributed by atoms with Gasteiger partial charge in [-0.25, -0.2) is 4.98 Å². The van der Waals surface area contributed by atoms with Crippen molar-refractivity contribution in [1.82, 2.24) is 19.4 Å². The predicted octanol–water partition coefficient (Wildman–Crippen LogP) is 3.84. The molecule has 1 amide bonds. The minimum atomic E-state index is -0.0923. The second-order valence-corrected chi connectivity index (χ2v) is 7.51. The first kappa shape index (κ1) is 18.4. The number of benzene rings is 1. The van der Waals surface area contributed by atoms with Crippen LogP contribution in [0.2, 0.25) is 0 Å². The summed E-state index contributed by atoms with van der Waals surface area (Å²) < 4.78 is 2.21. The molecule has 28 heavy (non-hydrogen) atoms. The SMILES string of the molecule is C[C@@H](C(=O)N1CCC(c2nccn2Cc2cccnc2)CC1)c1ccccc1. The molecule has 4 rings (SSSR count). The highest BCUT2D eigenvalue weighted by Crippen LogP contribution is 2.29. The van der Waals surface area contributed by atoms with Crippen LogP contribution in [0.3, 0.4) is 0 Å². The van der Waals surface area contributed by atoms with Gasteiger partial charge in [0.05, 0.1) is 12.5 Å². The number of rotatable bonds is 5. The number of amides is 1. The topological polar surface area (TPSA) is 51.0 Å². The monoisotopic (exact) mass is 374 g/mol. The van der Waals surface area contributed by atoms with Gasteiger partial charge in [-0.1, -0.05) is 36.4 Å². The van der Waals surface area contributed by atoms with Crippen molar-refractivity contribution in [3.63, 3.8) is 0 Å². The Balaban J connectivity index is 1.38. The number of likely N-dealkylation sites (tertiary alicyclic amines) is 1. The summed E-state index contributed by atoms with van der Waals surface area (Å²) in [6.07, 6.45) is 9.52. The summed E-state index contributed by atoms with van der Waals surface area (Å²) in [5, 5.41) is 0. The molecule has 1 aliphatic rings. The zero-order valence-electron chi connectivity index (χ0n) is 16.2. The quantitative estimate of drug-likeness (QED) is 0.682. The van der Waals surface area contributed by atoms with Gasteiger partial charge in [-0.3, -0.25) is 9.78 Å². The second-order valence-electron chi connectivity index (χ2n) is 7.51. The molecule has 1 atom stereocenters. The highest BCUT2D eigenvalue weighted by molar-refractivity contribution is 5.83. The number of carbonyl (C=O) groups is 1. The fourth-order valence-corrected chi connectivity index (χ4v) is 4.02. The first-order chi connectivity index (χ1) is 13.7. The average molecular weight is 374 g/mol. The lowest BCUT2D eigenvalue weighted by molar-refractivity contribution is -0.133. The fraction of sp³-hybridized carbons (Fsp3) is 0.348. The molecule has 5 heteroatoms. The first-order valence-electron chi connectivity index (χ1n) is 9.96. The highest BCUT2D eigenvalue weighted by atomic mass is 16.2. The van der Waals surface area contributed by atoms with Crippen LogP contribution in [-0.2, 0) is 11.3 Å². The molecular weight excluding hydrogens is 348 g/mol. The van der Waals surface area contributed by atoms with E-state index in [0.29, 0.717) is 5.92 Å². The minimum Gasteiger partial charge on any atom is -0.342 e. The number of nitrogens with zero attached hydrogens (tertiary/aromatic N) is 4. The second kappa shape index (κ2) is 8.38. The van der Waals surface area contributed by atoms with Gasteiger partial charge in [0.2, 0.25) is 5.91 Å². The maximum atomic E-state index is 12.9. The Morgan fingerprint density at radius 1 is 1.11 bits per heavy atom. The zero-order chi connectivity index (χ0) is 19.3. The van der Waals surface area contributed by atoms with E-state index in [1.54, 1.807) is 6.20 Å². The van der Waals surface area contributed by atoms with Crippen LogP contribution < -0.4 is 0 Å². The van der Waals surface area contributed by atoms with Crippen LogP contribution in [0.4, 0.5) is 0 Å². The first-order valence-corrected chi connectivity index (χ1v) is 9.96. The molecule has 144 valence electrons. The Hall–Kier alpha value is -2.95. The van der Waals surface area contributed by atoms with Gasteiger partial charge in [-0.2, -0.15) is 0 Å². The molecule has 0 spiro atoms. The molecule has 5 nitrogen and oxygen atoms in total. The molecular formula is C23H26N4O. The van der Waals surface area contributed by atoms with Gasteiger partial charge in [-0.15, -0.1) is 0 Å². The van der Waals surface area contributed by atoms with E-state index < -0.39 is 0 Å². The van der Waals surface area contributed by atoms with Crippen LogP contribution in [0.5, 0.6) is 0 Å². The number of aromatic nitrogens is 3. The summed E-state index contributed by atoms with van der Waals surface area (Å²) in [6, 6.07) is 14.1. The lowest BCUT2D eigenvalue weighted by Gasteiger charge is -2.33. The molecule has 3 heterocycles. The van der Waals surface area contributed by atoms with E-state index in [4.69, 9.17) is 0 Å². The van der Waals surface area contributed by atoms with E-state index in [0.717, 1.165) is 43.9 Å². The largest absolute Gasteiger partial charge is 0.342 e.